The van der Waals surface area contributed by atoms with Crippen molar-refractivity contribution in [2.45, 2.75) is 39.2 Å². The Kier molecular flexibility index (Phi) is 4.99. The van der Waals surface area contributed by atoms with E-state index in [2.05, 4.69) is 5.32 Å². The van der Waals surface area contributed by atoms with Crippen molar-refractivity contribution in [1.29, 1.82) is 0 Å². The number of hydrogen-bond donors (Lipinski definition) is 2. The number of nitrogens with zero attached hydrogens (tertiary/aromatic N) is 1. The molecule has 1 unspecified atom stereocenters. The number of carbonyl (C=O) groups excluding carboxylic acids is 1. The molecule has 0 aliphatic carbocycles. The Morgan fingerprint density at radius 2 is 2.22 bits per heavy atom. The average molecular weight is 258 g/mol. The molecule has 5 nitrogen and oxygen atoms in total. The third-order valence-corrected chi connectivity index (χ3v) is 3.67. The molecule has 2 N–H and O–H groups in total. The van der Waals surface area contributed by atoms with Crippen molar-refractivity contribution in [3.8, 4) is 0 Å². The fraction of sp³-hybridized carbons (Fsp3) is 0.923. The van der Waals surface area contributed by atoms with Crippen molar-refractivity contribution < 1.29 is 14.6 Å². The highest BCUT2D eigenvalue weighted by molar-refractivity contribution is 5.74. The number of aliphatic hydroxyl groups excluding tert-OH is 1. The third kappa shape index (κ3) is 4.14. The number of aliphatic hydroxyl groups is 1. The molecule has 1 saturated heterocycles. The second-order valence-electron chi connectivity index (χ2n) is 6.12. The summed E-state index contributed by atoms with van der Waals surface area (Å²) >= 11 is 0. The lowest BCUT2D eigenvalue weighted by Gasteiger charge is -2.39. The molecular weight excluding hydrogens is 232 g/mol. The van der Waals surface area contributed by atoms with Crippen molar-refractivity contribution in [2.24, 2.45) is 5.41 Å². The molecule has 0 bridgehead atoms. The molecule has 1 atom stereocenters. The summed E-state index contributed by atoms with van der Waals surface area (Å²) in [4.78, 5) is 13.8. The highest BCUT2D eigenvalue weighted by Gasteiger charge is 2.32. The Balaban J connectivity index is 2.47. The summed E-state index contributed by atoms with van der Waals surface area (Å²) in [6, 6.07) is -0.0699. The van der Waals surface area contributed by atoms with Gasteiger partial charge in [0.25, 0.3) is 0 Å². The van der Waals surface area contributed by atoms with Crippen LogP contribution in [-0.2, 0) is 4.74 Å². The number of amides is 2. The molecule has 1 fully saturated rings. The fourth-order valence-corrected chi connectivity index (χ4v) is 2.09. The predicted molar refractivity (Wildman–Crippen MR) is 70.5 cm³/mol. The van der Waals surface area contributed by atoms with Crippen molar-refractivity contribution in [2.75, 3.05) is 33.4 Å². The first-order valence-electron chi connectivity index (χ1n) is 6.51. The molecular formula is C13H26N2O3. The normalized spacial score (nSPS) is 25.1. The highest BCUT2D eigenvalue weighted by atomic mass is 16.5. The van der Waals surface area contributed by atoms with Crippen LogP contribution in [0.1, 0.15) is 33.6 Å². The largest absolute Gasteiger partial charge is 0.396 e. The van der Waals surface area contributed by atoms with Crippen LogP contribution in [0.3, 0.4) is 0 Å². The maximum absolute atomic E-state index is 12.0. The molecule has 0 spiro atoms. The number of ether oxygens (including phenoxy) is 1. The standard InChI is InChI=1S/C13H26N2O3/c1-12(2,18-4)8-14-11(17)15-7-5-6-13(3,9-15)10-16/h16H,5-10H2,1-4H3,(H,14,17). The molecule has 0 aromatic carbocycles. The van der Waals surface area contributed by atoms with E-state index in [0.29, 0.717) is 13.1 Å². The number of hydrogen-bond acceptors (Lipinski definition) is 3. The monoisotopic (exact) mass is 258 g/mol. The Hall–Kier alpha value is -0.810. The number of urea groups is 1. The lowest BCUT2D eigenvalue weighted by molar-refractivity contribution is 0.0217. The molecule has 1 aliphatic heterocycles. The van der Waals surface area contributed by atoms with Gasteiger partial charge in [-0.05, 0) is 26.7 Å². The first-order valence-corrected chi connectivity index (χ1v) is 6.51. The zero-order valence-electron chi connectivity index (χ0n) is 12.0. The van der Waals surface area contributed by atoms with Crippen LogP contribution in [0.4, 0.5) is 4.79 Å². The lowest BCUT2D eigenvalue weighted by atomic mass is 9.83. The van der Waals surface area contributed by atoms with E-state index in [4.69, 9.17) is 4.74 Å². The first-order chi connectivity index (χ1) is 8.32. The van der Waals surface area contributed by atoms with Gasteiger partial charge in [0.05, 0.1) is 12.2 Å². The first kappa shape index (κ1) is 15.2. The van der Waals surface area contributed by atoms with Crippen LogP contribution in [0, 0.1) is 5.41 Å². The van der Waals surface area contributed by atoms with Crippen molar-refractivity contribution in [1.82, 2.24) is 10.2 Å². The van der Waals surface area contributed by atoms with Crippen LogP contribution in [0.2, 0.25) is 0 Å². The molecule has 0 saturated carbocycles. The Labute approximate surface area is 109 Å². The van der Waals surface area contributed by atoms with E-state index in [1.807, 2.05) is 20.8 Å². The second-order valence-corrected chi connectivity index (χ2v) is 6.12. The topological polar surface area (TPSA) is 61.8 Å². The van der Waals surface area contributed by atoms with Gasteiger partial charge in [-0.2, -0.15) is 0 Å². The van der Waals surface area contributed by atoms with E-state index < -0.39 is 0 Å². The summed E-state index contributed by atoms with van der Waals surface area (Å²) in [6.45, 7) is 7.86. The molecule has 0 radical (unpaired) electrons. The maximum Gasteiger partial charge on any atom is 0.317 e. The van der Waals surface area contributed by atoms with Crippen LogP contribution in [0.5, 0.6) is 0 Å². The minimum atomic E-state index is -0.355. The van der Waals surface area contributed by atoms with E-state index in [9.17, 15) is 9.90 Å². The zero-order valence-corrected chi connectivity index (χ0v) is 12.0. The average Bonchev–Trinajstić information content (AvgIpc) is 2.36. The zero-order chi connectivity index (χ0) is 13.8. The Morgan fingerprint density at radius 3 is 2.78 bits per heavy atom. The second kappa shape index (κ2) is 5.89. The van der Waals surface area contributed by atoms with Gasteiger partial charge in [-0.3, -0.25) is 0 Å². The van der Waals surface area contributed by atoms with E-state index in [1.54, 1.807) is 12.0 Å². The highest BCUT2D eigenvalue weighted by Crippen LogP contribution is 2.28. The summed E-state index contributed by atoms with van der Waals surface area (Å²) in [5, 5.41) is 12.3. The molecule has 1 heterocycles. The van der Waals surface area contributed by atoms with Crippen LogP contribution in [0.15, 0.2) is 0 Å². The van der Waals surface area contributed by atoms with Crippen molar-refractivity contribution >= 4 is 6.03 Å². The van der Waals surface area contributed by atoms with E-state index in [0.717, 1.165) is 19.4 Å². The van der Waals surface area contributed by atoms with Gasteiger partial charge in [0.2, 0.25) is 0 Å². The van der Waals surface area contributed by atoms with Gasteiger partial charge >= 0.3 is 6.03 Å². The van der Waals surface area contributed by atoms with Gasteiger partial charge in [0.15, 0.2) is 0 Å². The molecule has 0 aromatic rings. The number of methoxy groups -OCH3 is 1. The van der Waals surface area contributed by atoms with Crippen molar-refractivity contribution in [3.05, 3.63) is 0 Å². The quantitative estimate of drug-likeness (QED) is 0.797. The number of rotatable bonds is 4. The van der Waals surface area contributed by atoms with Crippen LogP contribution in [-0.4, -0.2) is 55.0 Å². The van der Waals surface area contributed by atoms with E-state index >= 15 is 0 Å². The fourth-order valence-electron chi connectivity index (χ4n) is 2.09. The Bertz CT molecular complexity index is 294. The van der Waals surface area contributed by atoms with Gasteiger partial charge < -0.3 is 20.1 Å². The van der Waals surface area contributed by atoms with Gasteiger partial charge in [0.1, 0.15) is 0 Å². The summed E-state index contributed by atoms with van der Waals surface area (Å²) in [6.07, 6.45) is 1.91. The number of carbonyl (C=O) groups is 1. The van der Waals surface area contributed by atoms with E-state index in [-0.39, 0.29) is 23.7 Å². The number of nitrogens with one attached hydrogen (secondary N) is 1. The van der Waals surface area contributed by atoms with Crippen LogP contribution >= 0.6 is 0 Å². The summed E-state index contributed by atoms with van der Waals surface area (Å²) in [5.74, 6) is 0. The minimum absolute atomic E-state index is 0.0699. The third-order valence-electron chi connectivity index (χ3n) is 3.67. The minimum Gasteiger partial charge on any atom is -0.396 e. The summed E-state index contributed by atoms with van der Waals surface area (Å²) in [5.41, 5.74) is -0.516. The number of piperidine rings is 1. The summed E-state index contributed by atoms with van der Waals surface area (Å²) in [7, 11) is 1.63. The molecule has 5 heteroatoms. The summed E-state index contributed by atoms with van der Waals surface area (Å²) < 4.78 is 5.26. The van der Waals surface area contributed by atoms with Gasteiger partial charge in [-0.1, -0.05) is 6.92 Å². The SMILES string of the molecule is COC(C)(C)CNC(=O)N1CCCC(C)(CO)C1. The van der Waals surface area contributed by atoms with Crippen LogP contribution < -0.4 is 5.32 Å². The van der Waals surface area contributed by atoms with Gasteiger partial charge in [-0.15, -0.1) is 0 Å². The molecule has 18 heavy (non-hydrogen) atoms. The Morgan fingerprint density at radius 1 is 1.56 bits per heavy atom. The van der Waals surface area contributed by atoms with Gasteiger partial charge in [-0.25, -0.2) is 4.79 Å². The maximum atomic E-state index is 12.0. The predicted octanol–water partition coefficient (Wildman–Crippen LogP) is 1.22. The molecule has 106 valence electrons. The van der Waals surface area contributed by atoms with E-state index in [1.165, 1.54) is 0 Å². The molecule has 1 rings (SSSR count). The lowest BCUT2D eigenvalue weighted by Crippen LogP contribution is -2.52. The number of likely N-dealkylation sites (tertiary alicyclic amines) is 1. The molecule has 0 aromatic heterocycles. The van der Waals surface area contributed by atoms with Crippen LogP contribution in [0.25, 0.3) is 0 Å². The molecule has 2 amide bonds. The van der Waals surface area contributed by atoms with Crippen molar-refractivity contribution in [3.63, 3.8) is 0 Å². The molecule has 1 aliphatic rings. The van der Waals surface area contributed by atoms with Gasteiger partial charge in [0, 0.05) is 32.2 Å². The smallest absolute Gasteiger partial charge is 0.317 e.